The lowest BCUT2D eigenvalue weighted by Gasteiger charge is -2.37. The predicted octanol–water partition coefficient (Wildman–Crippen LogP) is 12.9. The molecule has 2 aliphatic heterocycles. The van der Waals surface area contributed by atoms with Crippen LogP contribution in [0.15, 0.2) is 97.3 Å². The number of nitrogens with zero attached hydrogens (tertiary/aromatic N) is 2. The van der Waals surface area contributed by atoms with Crippen LogP contribution in [0.5, 0.6) is 0 Å². The quantitative estimate of drug-likeness (QED) is 0.0986. The van der Waals surface area contributed by atoms with Gasteiger partial charge in [-0.1, -0.05) is 74.7 Å². The number of carbonyl (C=O) groups excluding carboxylic acids is 2. The molecule has 8 rings (SSSR count). The maximum Gasteiger partial charge on any atom is 0.257 e. The van der Waals surface area contributed by atoms with E-state index >= 15 is 0 Å². The molecule has 0 aliphatic carbocycles. The summed E-state index contributed by atoms with van der Waals surface area (Å²) in [6.07, 6.45) is 14.0. The maximum absolute atomic E-state index is 12.6. The molecule has 0 radical (unpaired) electrons. The number of H-pyrrole nitrogens is 2. The molecule has 0 bridgehead atoms. The molecular weight excluding hydrogens is 787 g/mol. The van der Waals surface area contributed by atoms with E-state index < -0.39 is 0 Å². The van der Waals surface area contributed by atoms with Crippen LogP contribution in [0.2, 0.25) is 10.0 Å². The number of benzene rings is 4. The Kier molecular flexibility index (Phi) is 14.7. The van der Waals surface area contributed by atoms with Crippen molar-refractivity contribution in [1.29, 1.82) is 0 Å². The highest BCUT2D eigenvalue weighted by atomic mass is 35.5. The number of piperidine rings is 2. The summed E-state index contributed by atoms with van der Waals surface area (Å²) in [4.78, 5) is 37.4. The number of rotatable bonds is 12. The van der Waals surface area contributed by atoms with Crippen LogP contribution in [0.4, 0.5) is 11.4 Å². The van der Waals surface area contributed by atoms with Crippen LogP contribution >= 0.6 is 23.2 Å². The van der Waals surface area contributed by atoms with Crippen LogP contribution in [0.25, 0.3) is 21.8 Å². The van der Waals surface area contributed by atoms with Gasteiger partial charge in [-0.25, -0.2) is 0 Å². The van der Waals surface area contributed by atoms with Crippen LogP contribution in [0, 0.1) is 0 Å². The van der Waals surface area contributed by atoms with Crippen LogP contribution in [0.1, 0.15) is 123 Å². The molecule has 1 atom stereocenters. The Balaban J connectivity index is 0.000000181. The lowest BCUT2D eigenvalue weighted by Crippen LogP contribution is -2.40. The topological polar surface area (TPSA) is 96.3 Å². The van der Waals surface area contributed by atoms with Crippen molar-refractivity contribution in [2.45, 2.75) is 103 Å². The van der Waals surface area contributed by atoms with E-state index in [4.69, 9.17) is 23.2 Å². The Hall–Kier alpha value is -4.60. The summed E-state index contributed by atoms with van der Waals surface area (Å²) >= 11 is 12.3. The summed E-state index contributed by atoms with van der Waals surface area (Å²) in [7, 11) is 0. The SMILES string of the molecule is CCC(CC)N1CCC(c2c[nH]c3ccc(NC(=O)c4ccccc4Cl)cc23)CC1.CCCC(C)N1CCC(c2c[nH]c3ccc(NC(=O)c4ccccc4Cl)cc23)CC1. The van der Waals surface area contributed by atoms with Gasteiger partial charge in [0.2, 0.25) is 0 Å². The highest BCUT2D eigenvalue weighted by Crippen LogP contribution is 2.37. The number of hydrogen-bond donors (Lipinski definition) is 4. The number of aromatic nitrogens is 2. The fourth-order valence-electron chi connectivity index (χ4n) is 9.44. The molecule has 2 amide bonds. The van der Waals surface area contributed by atoms with Crippen molar-refractivity contribution < 1.29 is 9.59 Å². The molecule has 6 aromatic rings. The monoisotopic (exact) mass is 846 g/mol. The van der Waals surface area contributed by atoms with Gasteiger partial charge in [-0.05, 0) is 162 Å². The van der Waals surface area contributed by atoms with E-state index in [-0.39, 0.29) is 11.8 Å². The average molecular weight is 848 g/mol. The van der Waals surface area contributed by atoms with Crippen molar-refractivity contribution in [3.8, 4) is 0 Å². The lowest BCUT2D eigenvalue weighted by atomic mass is 9.88. The fourth-order valence-corrected chi connectivity index (χ4v) is 9.88. The third kappa shape index (κ3) is 10.1. The van der Waals surface area contributed by atoms with Gasteiger partial charge < -0.3 is 30.4 Å². The largest absolute Gasteiger partial charge is 0.361 e. The summed E-state index contributed by atoms with van der Waals surface area (Å²) in [6.45, 7) is 13.8. The van der Waals surface area contributed by atoms with E-state index in [0.29, 0.717) is 45.1 Å². The van der Waals surface area contributed by atoms with Gasteiger partial charge >= 0.3 is 0 Å². The predicted molar refractivity (Wildman–Crippen MR) is 251 cm³/mol. The molecule has 2 saturated heterocycles. The number of anilines is 2. The Bertz CT molecular complexity index is 2370. The first-order valence-electron chi connectivity index (χ1n) is 22.0. The van der Waals surface area contributed by atoms with Crippen molar-refractivity contribution in [1.82, 2.24) is 19.8 Å². The maximum atomic E-state index is 12.6. The molecule has 0 spiro atoms. The van der Waals surface area contributed by atoms with Crippen LogP contribution in [-0.2, 0) is 0 Å². The van der Waals surface area contributed by atoms with Gasteiger partial charge in [0.25, 0.3) is 11.8 Å². The minimum absolute atomic E-state index is 0.185. The molecule has 1 unspecified atom stereocenters. The first-order valence-corrected chi connectivity index (χ1v) is 22.7. The van der Waals surface area contributed by atoms with Crippen LogP contribution in [0.3, 0.4) is 0 Å². The van der Waals surface area contributed by atoms with Crippen molar-refractivity contribution in [2.75, 3.05) is 36.8 Å². The summed E-state index contributed by atoms with van der Waals surface area (Å²) in [5, 5.41) is 9.33. The molecule has 10 heteroatoms. The average Bonchev–Trinajstić information content (AvgIpc) is 3.89. The highest BCUT2D eigenvalue weighted by molar-refractivity contribution is 6.35. The number of likely N-dealkylation sites (tertiary alicyclic amines) is 2. The first-order chi connectivity index (χ1) is 29.2. The molecule has 60 heavy (non-hydrogen) atoms. The third-order valence-corrected chi connectivity index (χ3v) is 13.6. The zero-order valence-electron chi connectivity index (χ0n) is 35.5. The van der Waals surface area contributed by atoms with Gasteiger partial charge in [0, 0.05) is 57.7 Å². The highest BCUT2D eigenvalue weighted by Gasteiger charge is 2.27. The number of amides is 2. The third-order valence-electron chi connectivity index (χ3n) is 12.9. The van der Waals surface area contributed by atoms with Crippen molar-refractivity contribution in [3.63, 3.8) is 0 Å². The van der Waals surface area contributed by atoms with E-state index in [1.165, 1.54) is 73.3 Å². The minimum Gasteiger partial charge on any atom is -0.361 e. The first kappa shape index (κ1) is 43.5. The molecule has 0 saturated carbocycles. The number of carbonyl (C=O) groups is 2. The summed E-state index contributed by atoms with van der Waals surface area (Å²) < 4.78 is 0. The van der Waals surface area contributed by atoms with E-state index in [9.17, 15) is 9.59 Å². The number of aromatic amines is 2. The van der Waals surface area contributed by atoms with Gasteiger partial charge in [0.05, 0.1) is 21.2 Å². The number of fused-ring (bicyclic) bond motifs is 2. The Morgan fingerprint density at radius 3 is 1.50 bits per heavy atom. The van der Waals surface area contributed by atoms with Gasteiger partial charge in [0.1, 0.15) is 0 Å². The lowest BCUT2D eigenvalue weighted by molar-refractivity contribution is 0.101. The molecule has 2 aliphatic rings. The standard InChI is InChI=1S/2C25H30ClN3O/c1-3-6-17(2)29-13-11-18(12-14-29)22-16-27-24-10-9-19(15-21(22)24)28-25(30)20-7-4-5-8-23(20)26;1-3-19(4-2)29-13-11-17(12-14-29)22-16-27-24-10-9-18(15-21(22)24)28-25(30)20-7-5-6-8-23(20)26/h4-5,7-10,15-18,27H,3,6,11-14H2,1-2H3,(H,28,30);5-10,15-17,19,27H,3-4,11-14H2,1-2H3,(H,28,30). The second-order valence-corrected chi connectivity index (χ2v) is 17.4. The molecule has 316 valence electrons. The summed E-state index contributed by atoms with van der Waals surface area (Å²) in [6, 6.07) is 27.8. The summed E-state index contributed by atoms with van der Waals surface area (Å²) in [5.41, 5.74) is 7.52. The van der Waals surface area contributed by atoms with Crippen molar-refractivity contribution >= 4 is 68.2 Å². The molecule has 4 heterocycles. The second-order valence-electron chi connectivity index (χ2n) is 16.6. The van der Waals surface area contributed by atoms with Crippen molar-refractivity contribution in [3.05, 3.63) is 130 Å². The van der Waals surface area contributed by atoms with Crippen molar-refractivity contribution in [2.24, 2.45) is 0 Å². The van der Waals surface area contributed by atoms with E-state index in [0.717, 1.165) is 48.6 Å². The zero-order valence-corrected chi connectivity index (χ0v) is 37.0. The fraction of sp³-hybridized carbons (Fsp3) is 0.400. The van der Waals surface area contributed by atoms with Crippen LogP contribution < -0.4 is 10.6 Å². The Morgan fingerprint density at radius 2 is 1.08 bits per heavy atom. The van der Waals surface area contributed by atoms with E-state index in [2.05, 4.69) is 82.6 Å². The van der Waals surface area contributed by atoms with Gasteiger partial charge in [-0.2, -0.15) is 0 Å². The number of hydrogen-bond acceptors (Lipinski definition) is 4. The molecular formula is C50H60Cl2N6O2. The molecule has 4 N–H and O–H groups in total. The normalized spacial score (nSPS) is 16.2. The second kappa shape index (κ2) is 20.3. The molecule has 2 fully saturated rings. The molecule has 2 aromatic heterocycles. The molecule has 8 nitrogen and oxygen atoms in total. The van der Waals surface area contributed by atoms with Gasteiger partial charge in [-0.15, -0.1) is 0 Å². The molecule has 4 aromatic carbocycles. The zero-order chi connectivity index (χ0) is 42.2. The number of halogens is 2. The van der Waals surface area contributed by atoms with Crippen LogP contribution in [-0.4, -0.2) is 69.8 Å². The number of nitrogens with one attached hydrogen (secondary N) is 4. The Morgan fingerprint density at radius 1 is 0.650 bits per heavy atom. The summed E-state index contributed by atoms with van der Waals surface area (Å²) in [5.74, 6) is 0.739. The minimum atomic E-state index is -0.185. The Labute approximate surface area is 365 Å². The van der Waals surface area contributed by atoms with Gasteiger partial charge in [0.15, 0.2) is 0 Å². The van der Waals surface area contributed by atoms with E-state index in [1.807, 2.05) is 48.5 Å². The smallest absolute Gasteiger partial charge is 0.257 e. The van der Waals surface area contributed by atoms with E-state index in [1.54, 1.807) is 24.3 Å². The van der Waals surface area contributed by atoms with Gasteiger partial charge in [-0.3, -0.25) is 9.59 Å².